The molecule has 1 saturated heterocycles. The molecule has 2 aromatic carbocycles. The third kappa shape index (κ3) is 55.5. The van der Waals surface area contributed by atoms with Crippen LogP contribution in [0, 0.1) is 44.8 Å². The molecule has 0 saturated carbocycles. The molecule has 34 heteroatoms. The Kier molecular flexibility index (Phi) is 70.4. The Bertz CT molecular complexity index is 3470. The number of carbonyl (C=O) groups excluding carboxylic acids is 11. The molecule has 3 unspecified atom stereocenters. The van der Waals surface area contributed by atoms with Crippen molar-refractivity contribution < 1.29 is 130 Å². The molecule has 3 amide bonds. The average Bonchev–Trinajstić information content (AvgIpc) is 1.64. The highest BCUT2D eigenvalue weighted by atomic mass is 32.2. The number of carbonyl (C=O) groups is 11. The van der Waals surface area contributed by atoms with Crippen LogP contribution in [-0.4, -0.2) is 205 Å². The lowest BCUT2D eigenvalue weighted by Crippen LogP contribution is -2.46. The van der Waals surface area contributed by atoms with E-state index >= 15 is 0 Å². The molecule has 0 aliphatic carbocycles. The molecule has 3 rings (SSSR count). The Morgan fingerprint density at radius 3 is 1.09 bits per heavy atom. The number of ketones is 1. The van der Waals surface area contributed by atoms with Gasteiger partial charge < -0.3 is 74.5 Å². The summed E-state index contributed by atoms with van der Waals surface area (Å²) < 4.78 is 102. The quantitative estimate of drug-likeness (QED) is 0.0155. The van der Waals surface area contributed by atoms with Crippen LogP contribution >= 0.6 is 0 Å². The zero-order chi connectivity index (χ0) is 97.6. The second-order valence-corrected chi connectivity index (χ2v) is 39.8. The SMILES string of the molecule is C.C=C(C)C(=O)OCCOC(=O)CCCOC(=O)C(C)(C)CC.CC1C(=O)N(c2ccccc2)C(=O)C1C.CCC(C)(C)C(=O)OCCOC.CCC(C)(C)C(=O)OCCOC.CCC(C)C(=O)Nc1ccc(S(N)(=O)=O)cc1.CCO[Si](CCCCC(=O)CCCOC(=O)C(C)(C)CC)(OCC)OCC.CCO[Si](CCCOC(=O)C(C)(C)CC)(OCC)OCC. The number of hydrogen-bond acceptors (Lipinski definition) is 28. The number of Topliss-reactive ketones (excluding diaryl/α,β-unsaturated/α-hetero) is 1. The highest BCUT2D eigenvalue weighted by Crippen LogP contribution is 2.31. The number of hydrogen-bond donors (Lipinski definition) is 2. The van der Waals surface area contributed by atoms with E-state index in [9.17, 15) is 61.2 Å². The fourth-order valence-corrected chi connectivity index (χ4v) is 15.4. The fourth-order valence-electron chi connectivity index (χ4n) is 9.63. The van der Waals surface area contributed by atoms with Crippen LogP contribution in [0.5, 0.6) is 0 Å². The van der Waals surface area contributed by atoms with Gasteiger partial charge in [0.1, 0.15) is 32.2 Å². The third-order valence-electron chi connectivity index (χ3n) is 20.5. The summed E-state index contributed by atoms with van der Waals surface area (Å²) in [6, 6.07) is 16.2. The number of anilines is 2. The van der Waals surface area contributed by atoms with E-state index in [1.165, 1.54) is 36.1 Å². The lowest BCUT2D eigenvalue weighted by Gasteiger charge is -2.28. The van der Waals surface area contributed by atoms with Crippen LogP contribution in [0.25, 0.3) is 0 Å². The van der Waals surface area contributed by atoms with Gasteiger partial charge in [-0.2, -0.15) is 0 Å². The normalized spacial score (nSPS) is 13.5. The topological polar surface area (TPSA) is 402 Å². The minimum atomic E-state index is -3.68. The largest absolute Gasteiger partial charge is 0.501 e. The number of nitrogens with two attached hydrogens (primary N) is 1. The lowest BCUT2D eigenvalue weighted by molar-refractivity contribution is -0.156. The van der Waals surface area contributed by atoms with Gasteiger partial charge in [-0.25, -0.2) is 18.4 Å². The summed E-state index contributed by atoms with van der Waals surface area (Å²) in [7, 11) is -5.73. The van der Waals surface area contributed by atoms with E-state index in [4.69, 9.17) is 74.3 Å². The van der Waals surface area contributed by atoms with Crippen molar-refractivity contribution in [2.24, 2.45) is 50.0 Å². The number of sulfonamides is 1. The minimum absolute atomic E-state index is 0. The van der Waals surface area contributed by atoms with Gasteiger partial charge in [0.05, 0.1) is 70.7 Å². The number of nitrogens with zero attached hydrogens (tertiary/aromatic N) is 1. The second-order valence-electron chi connectivity index (χ2n) is 32.8. The van der Waals surface area contributed by atoms with Crippen molar-refractivity contribution in [2.45, 2.75) is 294 Å². The number of ether oxygens (including phenoxy) is 9. The van der Waals surface area contributed by atoms with Crippen molar-refractivity contribution in [2.75, 3.05) is 124 Å². The molecular weight excluding hydrogens is 1700 g/mol. The van der Waals surface area contributed by atoms with Gasteiger partial charge in [-0.3, -0.25) is 52.8 Å². The van der Waals surface area contributed by atoms with E-state index in [1.54, 1.807) is 40.2 Å². The van der Waals surface area contributed by atoms with Crippen LogP contribution in [0.2, 0.25) is 12.1 Å². The van der Waals surface area contributed by atoms with E-state index in [0.29, 0.717) is 141 Å². The molecular formula is C93H167N3O28SSi2. The Hall–Kier alpha value is -7.23. The highest BCUT2D eigenvalue weighted by molar-refractivity contribution is 7.89. The molecule has 3 atom stereocenters. The number of para-hydroxylation sites is 1. The van der Waals surface area contributed by atoms with Crippen LogP contribution in [-0.2, 0) is 132 Å². The van der Waals surface area contributed by atoms with Crippen LogP contribution in [0.3, 0.4) is 0 Å². The van der Waals surface area contributed by atoms with Gasteiger partial charge in [0.15, 0.2) is 0 Å². The molecule has 1 heterocycles. The van der Waals surface area contributed by atoms with Gasteiger partial charge in [-0.1, -0.05) is 94.5 Å². The summed E-state index contributed by atoms with van der Waals surface area (Å²) in [5.41, 5.74) is -0.597. The Morgan fingerprint density at radius 1 is 0.449 bits per heavy atom. The van der Waals surface area contributed by atoms with Crippen molar-refractivity contribution in [1.29, 1.82) is 0 Å². The Morgan fingerprint density at radius 2 is 0.764 bits per heavy atom. The molecule has 0 radical (unpaired) electrons. The molecule has 0 bridgehead atoms. The number of esters is 7. The number of imide groups is 1. The molecule has 1 aliphatic heterocycles. The molecule has 127 heavy (non-hydrogen) atoms. The monoisotopic (exact) mass is 1860 g/mol. The maximum atomic E-state index is 12.0. The molecule has 31 nitrogen and oxygen atoms in total. The van der Waals surface area contributed by atoms with Gasteiger partial charge in [0.25, 0.3) is 0 Å². The number of amides is 3. The van der Waals surface area contributed by atoms with Gasteiger partial charge >= 0.3 is 59.4 Å². The summed E-state index contributed by atoms with van der Waals surface area (Å²) in [5.74, 6) is -2.42. The van der Waals surface area contributed by atoms with Crippen molar-refractivity contribution in [3.63, 3.8) is 0 Å². The average molecular weight is 1860 g/mol. The predicted molar refractivity (Wildman–Crippen MR) is 498 cm³/mol. The summed E-state index contributed by atoms with van der Waals surface area (Å²) in [6.45, 7) is 58.3. The number of primary sulfonamides is 1. The molecule has 3 N–H and O–H groups in total. The standard InChI is InChI=1S/C20H40O6Si.C16H26O6.C15H32O5Si.C12H13NO2.C11H16N2O3S.2C9H18O3.CH4/c1-7-20(5,6)19(22)23-16-13-15-18(21)14-11-12-17-27(24-8-2,25-9-3)26-10-4;1-6-16(4,5)15(19)22-9-7-8-13(17)20-10-11-21-14(18)12(2)3;1-7-15(5,6)14(16)17-12-11-13-21(18-8-2,19-9-3)20-10-4;1-8-9(2)12(15)13(11(8)14)10-6-4-3-5-7-10;1-3-8(2)11(14)13-9-4-6-10(7-5-9)17(12,15)16;2*1-5-9(2,3)8(10)12-7-6-11-4;/h7-17H2,1-6H3;2,6-11H2,1,3-5H3;7-13H2,1-6H3;3-9H,1-2H3;4-8H,3H2,1-2H3,(H,13,14)(H2,12,15,16);2*5-7H2,1-4H3;1H4. The molecule has 0 spiro atoms. The summed E-state index contributed by atoms with van der Waals surface area (Å²) in [5, 5.41) is 7.66. The van der Waals surface area contributed by atoms with Crippen molar-refractivity contribution in [3.8, 4) is 0 Å². The number of methoxy groups -OCH3 is 2. The highest BCUT2D eigenvalue weighted by Gasteiger charge is 2.44. The zero-order valence-electron chi connectivity index (χ0n) is 81.9. The zero-order valence-corrected chi connectivity index (χ0v) is 84.7. The van der Waals surface area contributed by atoms with Crippen molar-refractivity contribution >= 4 is 104 Å². The number of unbranched alkanes of at least 4 members (excludes halogenated alkanes) is 1. The molecule has 0 aromatic heterocycles. The third-order valence-corrected chi connectivity index (χ3v) is 27.7. The number of benzene rings is 2. The van der Waals surface area contributed by atoms with Crippen molar-refractivity contribution in [1.82, 2.24) is 0 Å². The predicted octanol–water partition coefficient (Wildman–Crippen LogP) is 17.4. The van der Waals surface area contributed by atoms with Gasteiger partial charge in [0, 0.05) is 114 Å². The molecule has 736 valence electrons. The second kappa shape index (κ2) is 69.7. The van der Waals surface area contributed by atoms with E-state index in [2.05, 4.69) is 11.9 Å². The fraction of sp³-hybridized carbons (Fsp3) is 0.731. The van der Waals surface area contributed by atoms with Crippen LogP contribution in [0.4, 0.5) is 11.4 Å². The van der Waals surface area contributed by atoms with E-state index in [1.807, 2.05) is 177 Å². The molecule has 2 aromatic rings. The maximum Gasteiger partial charge on any atom is 0.501 e. The van der Waals surface area contributed by atoms with Crippen molar-refractivity contribution in [3.05, 3.63) is 66.7 Å². The first-order valence-electron chi connectivity index (χ1n) is 44.4. The first-order chi connectivity index (χ1) is 58.9. The van der Waals surface area contributed by atoms with Gasteiger partial charge in [-0.15, -0.1) is 0 Å². The first kappa shape index (κ1) is 128. The molecule has 1 aliphatic rings. The first-order valence-corrected chi connectivity index (χ1v) is 49.8. The Balaban J connectivity index is -0.000000463. The summed E-state index contributed by atoms with van der Waals surface area (Å²) in [4.78, 5) is 129. The van der Waals surface area contributed by atoms with Crippen LogP contribution < -0.4 is 15.4 Å². The van der Waals surface area contributed by atoms with Crippen LogP contribution in [0.15, 0.2) is 71.6 Å². The van der Waals surface area contributed by atoms with E-state index in [-0.39, 0.29) is 120 Å². The molecule has 1 fully saturated rings. The number of nitrogens with one attached hydrogen (secondary N) is 1. The van der Waals surface area contributed by atoms with E-state index in [0.717, 1.165) is 51.0 Å². The smallest absolute Gasteiger partial charge is 0.465 e. The van der Waals surface area contributed by atoms with Crippen LogP contribution in [0.1, 0.15) is 277 Å². The van der Waals surface area contributed by atoms with Gasteiger partial charge in [0.2, 0.25) is 27.7 Å². The van der Waals surface area contributed by atoms with Gasteiger partial charge in [-0.05, 0) is 225 Å². The summed E-state index contributed by atoms with van der Waals surface area (Å²) in [6.07, 6.45) is 8.97. The summed E-state index contributed by atoms with van der Waals surface area (Å²) >= 11 is 0. The maximum absolute atomic E-state index is 12.0. The van der Waals surface area contributed by atoms with E-state index < -0.39 is 55.8 Å². The lowest BCUT2D eigenvalue weighted by atomic mass is 9.91. The Labute approximate surface area is 765 Å². The number of rotatable bonds is 54. The minimum Gasteiger partial charge on any atom is -0.465 e.